The summed E-state index contributed by atoms with van der Waals surface area (Å²) < 4.78 is 10.7. The van der Waals surface area contributed by atoms with E-state index in [0.29, 0.717) is 17.9 Å². The standard InChI is InChI=1S/C21H26N2O3.C2H2O4/c1-3-26-19-9-7-17(8-10-19)16-22-11-13-23(14-12-22)21(24)18-5-4-6-20(15-18)25-2;3-1(4)2(5)6/h4-10,15H,3,11-14,16H2,1-2H3;(H,3,4)(H,5,6). The molecule has 32 heavy (non-hydrogen) atoms. The molecule has 9 heteroatoms. The van der Waals surface area contributed by atoms with E-state index in [1.54, 1.807) is 13.2 Å². The third-order valence-electron chi connectivity index (χ3n) is 4.80. The predicted molar refractivity (Wildman–Crippen MR) is 117 cm³/mol. The van der Waals surface area contributed by atoms with Crippen LogP contribution in [0.3, 0.4) is 0 Å². The summed E-state index contributed by atoms with van der Waals surface area (Å²) in [5.74, 6) is -1.95. The second-order valence-corrected chi connectivity index (χ2v) is 6.99. The summed E-state index contributed by atoms with van der Waals surface area (Å²) in [6, 6.07) is 15.6. The molecule has 0 radical (unpaired) electrons. The molecule has 3 rings (SSSR count). The van der Waals surface area contributed by atoms with Crippen LogP contribution in [0.1, 0.15) is 22.8 Å². The Morgan fingerprint density at radius 3 is 2.06 bits per heavy atom. The van der Waals surface area contributed by atoms with Crippen LogP contribution < -0.4 is 9.47 Å². The zero-order valence-electron chi connectivity index (χ0n) is 18.2. The molecule has 1 saturated heterocycles. The van der Waals surface area contributed by atoms with Crippen LogP contribution in [0.5, 0.6) is 11.5 Å². The molecule has 1 fully saturated rings. The van der Waals surface area contributed by atoms with E-state index in [0.717, 1.165) is 38.5 Å². The first kappa shape index (κ1) is 24.7. The second kappa shape index (κ2) is 12.3. The molecule has 0 aromatic heterocycles. The molecule has 0 spiro atoms. The first-order valence-corrected chi connectivity index (χ1v) is 10.2. The van der Waals surface area contributed by atoms with Crippen molar-refractivity contribution in [2.24, 2.45) is 0 Å². The van der Waals surface area contributed by atoms with E-state index in [-0.39, 0.29) is 5.91 Å². The third-order valence-corrected chi connectivity index (χ3v) is 4.80. The fourth-order valence-electron chi connectivity index (χ4n) is 3.16. The molecule has 0 atom stereocenters. The van der Waals surface area contributed by atoms with Crippen LogP contribution in [0.4, 0.5) is 0 Å². The minimum Gasteiger partial charge on any atom is -0.497 e. The number of benzene rings is 2. The Balaban J connectivity index is 0.000000534. The molecule has 2 aromatic rings. The van der Waals surface area contributed by atoms with Crippen LogP contribution in [-0.2, 0) is 16.1 Å². The third kappa shape index (κ3) is 7.59. The van der Waals surface area contributed by atoms with Crippen molar-refractivity contribution in [1.82, 2.24) is 9.80 Å². The average Bonchev–Trinajstić information content (AvgIpc) is 2.81. The Bertz CT molecular complexity index is 895. The molecule has 172 valence electrons. The molecular weight excluding hydrogens is 416 g/mol. The van der Waals surface area contributed by atoms with Gasteiger partial charge in [-0.25, -0.2) is 9.59 Å². The highest BCUT2D eigenvalue weighted by Crippen LogP contribution is 2.17. The summed E-state index contributed by atoms with van der Waals surface area (Å²) >= 11 is 0. The number of amides is 1. The fourth-order valence-corrected chi connectivity index (χ4v) is 3.16. The van der Waals surface area contributed by atoms with Crippen LogP contribution in [0.15, 0.2) is 48.5 Å². The van der Waals surface area contributed by atoms with E-state index in [1.807, 2.05) is 42.2 Å². The Morgan fingerprint density at radius 1 is 0.906 bits per heavy atom. The lowest BCUT2D eigenvalue weighted by Gasteiger charge is -2.34. The van der Waals surface area contributed by atoms with Gasteiger partial charge in [0.1, 0.15) is 11.5 Å². The van der Waals surface area contributed by atoms with Gasteiger partial charge in [-0.3, -0.25) is 9.69 Å². The highest BCUT2D eigenvalue weighted by atomic mass is 16.5. The van der Waals surface area contributed by atoms with Gasteiger partial charge in [-0.15, -0.1) is 0 Å². The summed E-state index contributed by atoms with van der Waals surface area (Å²) in [6.45, 7) is 6.81. The number of carbonyl (C=O) groups is 3. The number of ether oxygens (including phenoxy) is 2. The van der Waals surface area contributed by atoms with Crippen LogP contribution in [0.25, 0.3) is 0 Å². The smallest absolute Gasteiger partial charge is 0.414 e. The van der Waals surface area contributed by atoms with Gasteiger partial charge in [0.2, 0.25) is 0 Å². The van der Waals surface area contributed by atoms with E-state index in [9.17, 15) is 4.79 Å². The van der Waals surface area contributed by atoms with E-state index in [2.05, 4.69) is 17.0 Å². The van der Waals surface area contributed by atoms with E-state index in [1.165, 1.54) is 5.56 Å². The molecule has 0 bridgehead atoms. The number of methoxy groups -OCH3 is 1. The fraction of sp³-hybridized carbons (Fsp3) is 0.348. The highest BCUT2D eigenvalue weighted by molar-refractivity contribution is 6.27. The number of aliphatic carboxylic acids is 2. The normalized spacial score (nSPS) is 13.5. The molecule has 0 unspecified atom stereocenters. The summed E-state index contributed by atoms with van der Waals surface area (Å²) in [5.41, 5.74) is 1.95. The lowest BCUT2D eigenvalue weighted by atomic mass is 10.1. The Morgan fingerprint density at radius 2 is 1.53 bits per heavy atom. The number of piperazine rings is 1. The van der Waals surface area contributed by atoms with Crippen molar-refractivity contribution in [3.05, 3.63) is 59.7 Å². The van der Waals surface area contributed by atoms with Crippen molar-refractivity contribution in [3.8, 4) is 11.5 Å². The van der Waals surface area contributed by atoms with E-state index >= 15 is 0 Å². The van der Waals surface area contributed by atoms with Gasteiger partial charge >= 0.3 is 11.9 Å². The predicted octanol–water partition coefficient (Wildman–Crippen LogP) is 2.21. The van der Waals surface area contributed by atoms with E-state index in [4.69, 9.17) is 29.3 Å². The van der Waals surface area contributed by atoms with Gasteiger partial charge in [0.05, 0.1) is 13.7 Å². The number of carbonyl (C=O) groups excluding carboxylic acids is 1. The second-order valence-electron chi connectivity index (χ2n) is 6.99. The van der Waals surface area contributed by atoms with Gasteiger partial charge < -0.3 is 24.6 Å². The van der Waals surface area contributed by atoms with Crippen LogP contribution in [0, 0.1) is 0 Å². The average molecular weight is 444 g/mol. The molecule has 1 amide bonds. The molecular formula is C23H28N2O7. The van der Waals surface area contributed by atoms with Crippen molar-refractivity contribution in [2.75, 3.05) is 39.9 Å². The highest BCUT2D eigenvalue weighted by Gasteiger charge is 2.22. The van der Waals surface area contributed by atoms with Gasteiger partial charge in [0, 0.05) is 38.3 Å². The number of carboxylic acids is 2. The summed E-state index contributed by atoms with van der Waals surface area (Å²) in [7, 11) is 1.61. The van der Waals surface area contributed by atoms with Gasteiger partial charge in [-0.2, -0.15) is 0 Å². The summed E-state index contributed by atoms with van der Waals surface area (Å²) in [5, 5.41) is 14.8. The Kier molecular flexibility index (Phi) is 9.49. The maximum absolute atomic E-state index is 12.7. The first-order valence-electron chi connectivity index (χ1n) is 10.2. The molecule has 2 N–H and O–H groups in total. The molecule has 2 aromatic carbocycles. The lowest BCUT2D eigenvalue weighted by Crippen LogP contribution is -2.48. The molecule has 1 aliphatic heterocycles. The molecule has 1 aliphatic rings. The first-order chi connectivity index (χ1) is 15.3. The zero-order valence-corrected chi connectivity index (χ0v) is 18.2. The quantitative estimate of drug-likeness (QED) is 0.652. The van der Waals surface area contributed by atoms with Crippen molar-refractivity contribution in [3.63, 3.8) is 0 Å². The number of carboxylic acid groups (broad SMARTS) is 2. The number of rotatable bonds is 6. The van der Waals surface area contributed by atoms with Crippen molar-refractivity contribution in [1.29, 1.82) is 0 Å². The number of hydrogen-bond acceptors (Lipinski definition) is 6. The molecule has 1 heterocycles. The van der Waals surface area contributed by atoms with Crippen molar-refractivity contribution >= 4 is 17.8 Å². The van der Waals surface area contributed by atoms with Gasteiger partial charge in [-0.1, -0.05) is 18.2 Å². The largest absolute Gasteiger partial charge is 0.497 e. The Labute approximate surface area is 186 Å². The minimum atomic E-state index is -1.82. The van der Waals surface area contributed by atoms with Gasteiger partial charge in [0.15, 0.2) is 0 Å². The Hall–Kier alpha value is -3.59. The maximum Gasteiger partial charge on any atom is 0.414 e. The monoisotopic (exact) mass is 444 g/mol. The minimum absolute atomic E-state index is 0.0737. The molecule has 0 aliphatic carbocycles. The summed E-state index contributed by atoms with van der Waals surface area (Å²) in [6.07, 6.45) is 0. The number of hydrogen-bond donors (Lipinski definition) is 2. The lowest BCUT2D eigenvalue weighted by molar-refractivity contribution is -0.159. The van der Waals surface area contributed by atoms with Crippen molar-refractivity contribution in [2.45, 2.75) is 13.5 Å². The van der Waals surface area contributed by atoms with Gasteiger partial charge in [0.25, 0.3) is 5.91 Å². The molecule has 0 saturated carbocycles. The maximum atomic E-state index is 12.7. The van der Waals surface area contributed by atoms with Crippen LogP contribution in [0.2, 0.25) is 0 Å². The van der Waals surface area contributed by atoms with Crippen LogP contribution in [-0.4, -0.2) is 77.8 Å². The van der Waals surface area contributed by atoms with E-state index < -0.39 is 11.9 Å². The number of nitrogens with zero attached hydrogens (tertiary/aromatic N) is 2. The zero-order chi connectivity index (χ0) is 23.5. The van der Waals surface area contributed by atoms with Crippen LogP contribution >= 0.6 is 0 Å². The SMILES string of the molecule is CCOc1ccc(CN2CCN(C(=O)c3cccc(OC)c3)CC2)cc1.O=C(O)C(=O)O. The van der Waals surface area contributed by atoms with Gasteiger partial charge in [-0.05, 0) is 42.8 Å². The van der Waals surface area contributed by atoms with Crippen molar-refractivity contribution < 1.29 is 34.1 Å². The summed E-state index contributed by atoms with van der Waals surface area (Å²) in [4.78, 5) is 35.2. The topological polar surface area (TPSA) is 117 Å². The molecule has 9 nitrogen and oxygen atoms in total.